The maximum absolute atomic E-state index is 12.3. The molecule has 0 radical (unpaired) electrons. The van der Waals surface area contributed by atoms with E-state index in [0.717, 1.165) is 26.4 Å². The number of nitrogens with zero attached hydrogens (tertiary/aromatic N) is 1. The van der Waals surface area contributed by atoms with Gasteiger partial charge in [-0.05, 0) is 60.2 Å². The van der Waals surface area contributed by atoms with Gasteiger partial charge in [-0.25, -0.2) is 4.98 Å². The predicted octanol–water partition coefficient (Wildman–Crippen LogP) is 6.74. The van der Waals surface area contributed by atoms with Gasteiger partial charge >= 0.3 is 0 Å². The van der Waals surface area contributed by atoms with Crippen molar-refractivity contribution in [2.24, 2.45) is 0 Å². The molecule has 4 aromatic carbocycles. The van der Waals surface area contributed by atoms with Crippen molar-refractivity contribution < 1.29 is 13.9 Å². The third-order valence-electron chi connectivity index (χ3n) is 5.16. The van der Waals surface area contributed by atoms with E-state index in [1.807, 2.05) is 67.6 Å². The zero-order valence-electron chi connectivity index (χ0n) is 17.3. The molecule has 5 aromatic rings. The van der Waals surface area contributed by atoms with Crippen LogP contribution >= 0.6 is 15.9 Å². The van der Waals surface area contributed by atoms with Gasteiger partial charge in [-0.2, -0.15) is 0 Å². The van der Waals surface area contributed by atoms with Crippen LogP contribution in [-0.2, 0) is 4.79 Å². The Morgan fingerprint density at radius 2 is 1.78 bits per heavy atom. The van der Waals surface area contributed by atoms with Gasteiger partial charge in [0, 0.05) is 15.7 Å². The van der Waals surface area contributed by atoms with Crippen LogP contribution < -0.4 is 10.1 Å². The molecule has 0 spiro atoms. The maximum atomic E-state index is 12.3. The third-order valence-corrected chi connectivity index (χ3v) is 5.85. The predicted molar refractivity (Wildman–Crippen MR) is 130 cm³/mol. The number of hydrogen-bond acceptors (Lipinski definition) is 4. The molecule has 6 heteroatoms. The first-order valence-corrected chi connectivity index (χ1v) is 10.9. The van der Waals surface area contributed by atoms with Crippen LogP contribution in [-0.4, -0.2) is 17.5 Å². The maximum Gasteiger partial charge on any atom is 0.262 e. The lowest BCUT2D eigenvalue weighted by Crippen LogP contribution is -2.20. The highest BCUT2D eigenvalue weighted by Crippen LogP contribution is 2.34. The Kier molecular flexibility index (Phi) is 5.37. The quantitative estimate of drug-likeness (QED) is 0.298. The van der Waals surface area contributed by atoms with Gasteiger partial charge in [-0.1, -0.05) is 57.9 Å². The zero-order chi connectivity index (χ0) is 22.1. The second kappa shape index (κ2) is 8.48. The number of rotatable bonds is 5. The van der Waals surface area contributed by atoms with Gasteiger partial charge in [-0.15, -0.1) is 0 Å². The van der Waals surface area contributed by atoms with Crippen molar-refractivity contribution >= 4 is 49.4 Å². The number of amides is 1. The van der Waals surface area contributed by atoms with Crippen molar-refractivity contribution in [3.63, 3.8) is 0 Å². The fourth-order valence-corrected chi connectivity index (χ4v) is 4.06. The van der Waals surface area contributed by atoms with Crippen molar-refractivity contribution in [3.05, 3.63) is 88.9 Å². The minimum atomic E-state index is -0.243. The molecule has 0 aliphatic heterocycles. The van der Waals surface area contributed by atoms with E-state index in [-0.39, 0.29) is 12.5 Å². The van der Waals surface area contributed by atoms with E-state index in [0.29, 0.717) is 28.4 Å². The van der Waals surface area contributed by atoms with Crippen LogP contribution in [0, 0.1) is 6.92 Å². The SMILES string of the molecule is Cc1ccc(OCC(=O)Nc2ccc3oc(-c4cccc5c(Br)cccc45)nc3c2)cc1. The molecule has 32 heavy (non-hydrogen) atoms. The van der Waals surface area contributed by atoms with Gasteiger partial charge in [0.25, 0.3) is 5.91 Å². The third kappa shape index (κ3) is 4.09. The Hall–Kier alpha value is -3.64. The highest BCUT2D eigenvalue weighted by atomic mass is 79.9. The summed E-state index contributed by atoms with van der Waals surface area (Å²) in [5, 5.41) is 4.99. The molecule has 0 aliphatic carbocycles. The number of anilines is 1. The molecule has 0 saturated carbocycles. The molecule has 0 saturated heterocycles. The smallest absolute Gasteiger partial charge is 0.262 e. The van der Waals surface area contributed by atoms with E-state index >= 15 is 0 Å². The summed E-state index contributed by atoms with van der Waals surface area (Å²) >= 11 is 3.60. The van der Waals surface area contributed by atoms with Crippen LogP contribution in [0.25, 0.3) is 33.3 Å². The monoisotopic (exact) mass is 486 g/mol. The van der Waals surface area contributed by atoms with E-state index in [1.54, 1.807) is 12.1 Å². The first-order valence-electron chi connectivity index (χ1n) is 10.1. The van der Waals surface area contributed by atoms with E-state index < -0.39 is 0 Å². The van der Waals surface area contributed by atoms with Gasteiger partial charge in [-0.3, -0.25) is 4.79 Å². The van der Waals surface area contributed by atoms with Gasteiger partial charge in [0.15, 0.2) is 12.2 Å². The van der Waals surface area contributed by atoms with Crippen LogP contribution in [0.3, 0.4) is 0 Å². The highest BCUT2D eigenvalue weighted by Gasteiger charge is 2.13. The Morgan fingerprint density at radius 1 is 1.00 bits per heavy atom. The van der Waals surface area contributed by atoms with Crippen molar-refractivity contribution in [3.8, 4) is 17.2 Å². The number of ether oxygens (including phenoxy) is 1. The van der Waals surface area contributed by atoms with Crippen molar-refractivity contribution in [2.45, 2.75) is 6.92 Å². The molecule has 1 amide bonds. The fraction of sp³-hybridized carbons (Fsp3) is 0.0769. The fourth-order valence-electron chi connectivity index (χ4n) is 3.56. The topological polar surface area (TPSA) is 64.4 Å². The average molecular weight is 487 g/mol. The molecule has 0 unspecified atom stereocenters. The molecule has 158 valence electrons. The summed E-state index contributed by atoms with van der Waals surface area (Å²) in [6.45, 7) is 1.93. The number of aryl methyl sites for hydroxylation is 1. The Bertz CT molecular complexity index is 1440. The first-order chi connectivity index (χ1) is 15.6. The van der Waals surface area contributed by atoms with Crippen LogP contribution in [0.1, 0.15) is 5.56 Å². The molecule has 1 aromatic heterocycles. The van der Waals surface area contributed by atoms with Crippen LogP contribution in [0.4, 0.5) is 5.69 Å². The van der Waals surface area contributed by atoms with Crippen molar-refractivity contribution in [1.29, 1.82) is 0 Å². The van der Waals surface area contributed by atoms with Gasteiger partial charge < -0.3 is 14.5 Å². The lowest BCUT2D eigenvalue weighted by atomic mass is 10.0. The van der Waals surface area contributed by atoms with Crippen molar-refractivity contribution in [1.82, 2.24) is 4.98 Å². The summed E-state index contributed by atoms with van der Waals surface area (Å²) < 4.78 is 12.6. The molecule has 0 fully saturated rings. The number of nitrogens with one attached hydrogen (secondary N) is 1. The van der Waals surface area contributed by atoms with E-state index in [4.69, 9.17) is 9.15 Å². The normalized spacial score (nSPS) is 11.1. The Balaban J connectivity index is 1.36. The first kappa shape index (κ1) is 20.3. The summed E-state index contributed by atoms with van der Waals surface area (Å²) in [7, 11) is 0. The molecular formula is C26H19BrN2O3. The summed E-state index contributed by atoms with van der Waals surface area (Å²) in [6, 6.07) is 25.0. The highest BCUT2D eigenvalue weighted by molar-refractivity contribution is 9.10. The number of halogens is 1. The number of hydrogen-bond donors (Lipinski definition) is 1. The summed E-state index contributed by atoms with van der Waals surface area (Å²) in [5.41, 5.74) is 4.01. The lowest BCUT2D eigenvalue weighted by Gasteiger charge is -2.07. The van der Waals surface area contributed by atoms with Crippen LogP contribution in [0.5, 0.6) is 5.75 Å². The van der Waals surface area contributed by atoms with E-state index in [1.165, 1.54) is 0 Å². The minimum Gasteiger partial charge on any atom is -0.484 e. The number of benzene rings is 4. The summed E-state index contributed by atoms with van der Waals surface area (Å²) in [4.78, 5) is 17.0. The van der Waals surface area contributed by atoms with Crippen LogP contribution in [0.15, 0.2) is 87.8 Å². The second-order valence-corrected chi connectivity index (χ2v) is 8.35. The second-order valence-electron chi connectivity index (χ2n) is 7.49. The van der Waals surface area contributed by atoms with Crippen molar-refractivity contribution in [2.75, 3.05) is 11.9 Å². The molecule has 0 aliphatic rings. The standard InChI is InChI=1S/C26H19BrN2O3/c1-16-8-11-18(12-9-16)31-15-25(30)28-17-10-13-24-23(14-17)29-26(32-24)21-6-2-5-20-19(21)4-3-7-22(20)27/h2-14H,15H2,1H3,(H,28,30). The van der Waals surface area contributed by atoms with Crippen LogP contribution in [0.2, 0.25) is 0 Å². The Morgan fingerprint density at radius 3 is 2.62 bits per heavy atom. The number of carbonyl (C=O) groups excluding carboxylic acids is 1. The molecule has 5 nitrogen and oxygen atoms in total. The molecule has 0 bridgehead atoms. The molecule has 1 N–H and O–H groups in total. The summed E-state index contributed by atoms with van der Waals surface area (Å²) in [6.07, 6.45) is 0. The van der Waals surface area contributed by atoms with Gasteiger partial charge in [0.05, 0.1) is 0 Å². The average Bonchev–Trinajstić information content (AvgIpc) is 3.22. The molecule has 5 rings (SSSR count). The van der Waals surface area contributed by atoms with Gasteiger partial charge in [0.1, 0.15) is 11.3 Å². The number of fused-ring (bicyclic) bond motifs is 2. The number of aromatic nitrogens is 1. The van der Waals surface area contributed by atoms with E-state index in [2.05, 4.69) is 32.3 Å². The molecule has 1 heterocycles. The summed E-state index contributed by atoms with van der Waals surface area (Å²) in [5.74, 6) is 0.950. The Labute approximate surface area is 193 Å². The zero-order valence-corrected chi connectivity index (χ0v) is 18.8. The minimum absolute atomic E-state index is 0.0734. The lowest BCUT2D eigenvalue weighted by molar-refractivity contribution is -0.118. The molecular weight excluding hydrogens is 468 g/mol. The number of carbonyl (C=O) groups is 1. The van der Waals surface area contributed by atoms with Gasteiger partial charge in [0.2, 0.25) is 5.89 Å². The molecule has 0 atom stereocenters. The van der Waals surface area contributed by atoms with E-state index in [9.17, 15) is 4.79 Å². The largest absolute Gasteiger partial charge is 0.484 e. The number of oxazole rings is 1.